The molecule has 0 saturated carbocycles. The summed E-state index contributed by atoms with van der Waals surface area (Å²) in [4.78, 5) is 12.4. The van der Waals surface area contributed by atoms with Gasteiger partial charge in [-0.2, -0.15) is 0 Å². The Bertz CT molecular complexity index is 2580. The Morgan fingerprint density at radius 3 is 1.39 bits per heavy atom. The molecule has 1 aliphatic carbocycles. The van der Waals surface area contributed by atoms with Gasteiger partial charge in [0.2, 0.25) is 0 Å². The number of ketones is 1. The lowest BCUT2D eigenvalue weighted by atomic mass is 9.91. The zero-order valence-electron chi connectivity index (χ0n) is 34.5. The van der Waals surface area contributed by atoms with Crippen molar-refractivity contribution in [3.05, 3.63) is 192 Å². The van der Waals surface area contributed by atoms with Crippen LogP contribution in [0.2, 0.25) is 39.3 Å². The summed E-state index contributed by atoms with van der Waals surface area (Å²) in [5, 5.41) is 2.85. The first-order chi connectivity index (χ1) is 27.3. The quantitative estimate of drug-likeness (QED) is 0.144. The van der Waals surface area contributed by atoms with Crippen LogP contribution in [-0.2, 0) is 4.79 Å². The minimum absolute atomic E-state index is 0.129. The van der Waals surface area contributed by atoms with Crippen molar-refractivity contribution in [1.82, 2.24) is 0 Å². The molecule has 0 atom stereocenters. The molecule has 1 aromatic heterocycles. The van der Waals surface area contributed by atoms with Crippen molar-refractivity contribution in [3.63, 3.8) is 0 Å². The molecular formula is C53H52O2Si2. The van der Waals surface area contributed by atoms with E-state index in [1.54, 1.807) is 0 Å². The van der Waals surface area contributed by atoms with Crippen molar-refractivity contribution < 1.29 is 9.21 Å². The minimum atomic E-state index is -1.63. The van der Waals surface area contributed by atoms with Crippen LogP contribution in [0.25, 0.3) is 56.0 Å². The molecule has 0 aliphatic heterocycles. The van der Waals surface area contributed by atoms with Crippen LogP contribution in [0.1, 0.15) is 23.6 Å². The fourth-order valence-corrected chi connectivity index (χ4v) is 11.1. The summed E-state index contributed by atoms with van der Waals surface area (Å²) in [6, 6.07) is 57.5. The summed E-state index contributed by atoms with van der Waals surface area (Å²) in [6.07, 6.45) is 1.82. The van der Waals surface area contributed by atoms with Gasteiger partial charge in [-0.15, -0.1) is 0 Å². The third kappa shape index (κ3) is 8.34. The number of allylic oxidation sites excluding steroid dienone is 4. The van der Waals surface area contributed by atoms with E-state index >= 15 is 0 Å². The summed E-state index contributed by atoms with van der Waals surface area (Å²) in [5.41, 5.74) is 13.6. The van der Waals surface area contributed by atoms with Crippen molar-refractivity contribution in [2.45, 2.75) is 53.1 Å². The van der Waals surface area contributed by atoms with Crippen molar-refractivity contribution >= 4 is 43.5 Å². The van der Waals surface area contributed by atoms with E-state index in [4.69, 9.17) is 4.42 Å². The average molecular weight is 777 g/mol. The highest BCUT2D eigenvalue weighted by Crippen LogP contribution is 2.48. The molecule has 0 N–H and O–H groups in total. The third-order valence-electron chi connectivity index (χ3n) is 10.7. The van der Waals surface area contributed by atoms with Gasteiger partial charge in [0, 0.05) is 27.8 Å². The molecule has 8 rings (SSSR count). The van der Waals surface area contributed by atoms with Crippen molar-refractivity contribution in [2.24, 2.45) is 0 Å². The van der Waals surface area contributed by atoms with E-state index in [9.17, 15) is 4.79 Å². The predicted molar refractivity (Wildman–Crippen MR) is 250 cm³/mol. The van der Waals surface area contributed by atoms with E-state index in [2.05, 4.69) is 192 Å². The molecule has 0 bridgehead atoms. The van der Waals surface area contributed by atoms with Crippen molar-refractivity contribution in [3.8, 4) is 44.9 Å². The van der Waals surface area contributed by atoms with Gasteiger partial charge in [-0.1, -0.05) is 219 Å². The van der Waals surface area contributed by atoms with Gasteiger partial charge >= 0.3 is 0 Å². The first kappa shape index (κ1) is 39.4. The molecule has 2 nitrogen and oxygen atoms in total. The van der Waals surface area contributed by atoms with Gasteiger partial charge in [-0.3, -0.25) is 4.79 Å². The van der Waals surface area contributed by atoms with Crippen LogP contribution in [0.4, 0.5) is 0 Å². The molecule has 0 saturated heterocycles. The second-order valence-corrected chi connectivity index (χ2v) is 27.1. The van der Waals surface area contributed by atoms with E-state index < -0.39 is 16.1 Å². The van der Waals surface area contributed by atoms with Crippen LogP contribution >= 0.6 is 0 Å². The third-order valence-corrected chi connectivity index (χ3v) is 14.8. The average Bonchev–Trinajstić information content (AvgIpc) is 3.76. The Balaban J connectivity index is 0.000000188. The molecule has 1 aliphatic rings. The summed E-state index contributed by atoms with van der Waals surface area (Å²) in [7, 11) is -3.12. The Hall–Kier alpha value is -5.82. The molecule has 0 unspecified atom stereocenters. The monoisotopic (exact) mass is 776 g/mol. The Morgan fingerprint density at radius 2 is 0.842 bits per heavy atom. The van der Waals surface area contributed by atoms with Crippen LogP contribution in [0.5, 0.6) is 0 Å². The van der Waals surface area contributed by atoms with E-state index in [1.165, 1.54) is 38.2 Å². The lowest BCUT2D eigenvalue weighted by Crippen LogP contribution is -2.39. The van der Waals surface area contributed by atoms with Crippen LogP contribution in [0.15, 0.2) is 180 Å². The maximum Gasteiger partial charge on any atom is 0.182 e. The number of hydrogen-bond donors (Lipinski definition) is 0. The second kappa shape index (κ2) is 16.3. The predicted octanol–water partition coefficient (Wildman–Crippen LogP) is 13.5. The molecule has 0 fully saturated rings. The highest BCUT2D eigenvalue weighted by Gasteiger charge is 2.30. The SMILES string of the molecule is CC1=C(c2ccccc2)C(c2ccccc2[Si](C)(C)C)=CC1=O.Cc1ccc(-c2oc(-c3ccccc3)c(-c3ccccc3[Si](C)(C)C)c2-c2ccccc2)cc1. The minimum Gasteiger partial charge on any atom is -0.455 e. The van der Waals surface area contributed by atoms with Gasteiger partial charge in [0.25, 0.3) is 0 Å². The molecule has 1 heterocycles. The molecule has 0 amide bonds. The van der Waals surface area contributed by atoms with Gasteiger partial charge < -0.3 is 4.42 Å². The molecule has 6 aromatic carbocycles. The molecule has 4 heteroatoms. The van der Waals surface area contributed by atoms with Crippen molar-refractivity contribution in [2.75, 3.05) is 0 Å². The fourth-order valence-electron chi connectivity index (χ4n) is 7.82. The Labute approximate surface area is 341 Å². The zero-order valence-corrected chi connectivity index (χ0v) is 36.5. The van der Waals surface area contributed by atoms with E-state index in [0.717, 1.165) is 50.5 Å². The van der Waals surface area contributed by atoms with Gasteiger partial charge in [0.05, 0.1) is 16.1 Å². The summed E-state index contributed by atoms with van der Waals surface area (Å²) >= 11 is 0. The molecule has 7 aromatic rings. The van der Waals surface area contributed by atoms with Crippen LogP contribution in [-0.4, -0.2) is 21.9 Å². The lowest BCUT2D eigenvalue weighted by molar-refractivity contribution is -0.111. The molecule has 57 heavy (non-hydrogen) atoms. The largest absolute Gasteiger partial charge is 0.455 e. The maximum atomic E-state index is 12.4. The molecule has 0 spiro atoms. The Kier molecular flexibility index (Phi) is 11.3. The van der Waals surface area contributed by atoms with Crippen LogP contribution < -0.4 is 10.4 Å². The standard InChI is InChI=1S/C32H30OSi.C21H22OSi/c1-23-19-21-26(22-20-23)31-29(24-13-7-5-8-14-24)30(32(33-31)25-15-9-6-10-16-25)27-17-11-12-18-28(27)34(2,3)4;1-15-19(22)14-18(21(15)16-10-6-5-7-11-16)17-12-8-9-13-20(17)23(2,3)4/h5-22H,1-4H3;5-14H,1-4H3. The number of hydrogen-bond acceptors (Lipinski definition) is 2. The molecular weight excluding hydrogens is 725 g/mol. The first-order valence-electron chi connectivity index (χ1n) is 19.9. The fraction of sp³-hybridized carbons (Fsp3) is 0.151. The first-order valence-corrected chi connectivity index (χ1v) is 26.9. The smallest absolute Gasteiger partial charge is 0.182 e. The Morgan fingerprint density at radius 1 is 0.421 bits per heavy atom. The summed E-state index contributed by atoms with van der Waals surface area (Å²) in [6.45, 7) is 18.3. The highest BCUT2D eigenvalue weighted by atomic mass is 28.3. The number of carbonyl (C=O) groups is 1. The number of furan rings is 1. The summed E-state index contributed by atoms with van der Waals surface area (Å²) in [5.74, 6) is 1.98. The zero-order chi connectivity index (χ0) is 40.3. The van der Waals surface area contributed by atoms with E-state index in [1.807, 2.05) is 31.2 Å². The maximum absolute atomic E-state index is 12.4. The number of benzene rings is 6. The number of rotatable bonds is 8. The summed E-state index contributed by atoms with van der Waals surface area (Å²) < 4.78 is 6.85. The van der Waals surface area contributed by atoms with E-state index in [-0.39, 0.29) is 5.78 Å². The molecule has 0 radical (unpaired) electrons. The van der Waals surface area contributed by atoms with E-state index in [0.29, 0.717) is 0 Å². The normalized spacial score (nSPS) is 13.0. The van der Waals surface area contributed by atoms with Crippen LogP contribution in [0, 0.1) is 6.92 Å². The topological polar surface area (TPSA) is 30.2 Å². The van der Waals surface area contributed by atoms with Gasteiger partial charge in [-0.05, 0) is 53.3 Å². The van der Waals surface area contributed by atoms with Crippen LogP contribution in [0.3, 0.4) is 0 Å². The lowest BCUT2D eigenvalue weighted by Gasteiger charge is -2.23. The molecule has 284 valence electrons. The second-order valence-electron chi connectivity index (χ2n) is 17.0. The number of carbonyl (C=O) groups excluding carboxylic acids is 1. The number of aryl methyl sites for hydroxylation is 1. The van der Waals surface area contributed by atoms with Gasteiger partial charge in [0.15, 0.2) is 5.78 Å². The van der Waals surface area contributed by atoms with Crippen molar-refractivity contribution in [1.29, 1.82) is 0 Å². The van der Waals surface area contributed by atoms with Gasteiger partial charge in [0.1, 0.15) is 11.5 Å². The van der Waals surface area contributed by atoms with Gasteiger partial charge in [-0.25, -0.2) is 0 Å². The highest BCUT2D eigenvalue weighted by molar-refractivity contribution is 6.90.